The lowest BCUT2D eigenvalue weighted by Gasteiger charge is -2.35. The average molecular weight is 418 g/mol. The fourth-order valence-corrected chi connectivity index (χ4v) is 5.18. The van der Waals surface area contributed by atoms with Crippen LogP contribution in [0.3, 0.4) is 0 Å². The molecule has 1 amide bonds. The van der Waals surface area contributed by atoms with Crippen molar-refractivity contribution in [2.45, 2.75) is 44.2 Å². The summed E-state index contributed by atoms with van der Waals surface area (Å²) in [7, 11) is 1.62. The van der Waals surface area contributed by atoms with E-state index < -0.39 is 6.04 Å². The normalized spacial score (nSPS) is 25.2. The van der Waals surface area contributed by atoms with Gasteiger partial charge in [0.05, 0.1) is 24.6 Å². The average Bonchev–Trinajstić information content (AvgIpc) is 3.10. The van der Waals surface area contributed by atoms with Gasteiger partial charge in [-0.05, 0) is 48.9 Å². The molecule has 3 aliphatic rings. The van der Waals surface area contributed by atoms with Gasteiger partial charge in [-0.2, -0.15) is 0 Å². The highest BCUT2D eigenvalue weighted by Gasteiger charge is 2.51. The van der Waals surface area contributed by atoms with Gasteiger partial charge in [0.15, 0.2) is 11.5 Å². The maximum Gasteiger partial charge on any atom is 0.290 e. The molecular formula is C26H27NO4. The van der Waals surface area contributed by atoms with Gasteiger partial charge >= 0.3 is 0 Å². The molecule has 2 aromatic rings. The Morgan fingerprint density at radius 1 is 1.03 bits per heavy atom. The van der Waals surface area contributed by atoms with Gasteiger partial charge in [-0.25, -0.2) is 0 Å². The second-order valence-corrected chi connectivity index (χ2v) is 8.57. The molecule has 0 radical (unpaired) electrons. The van der Waals surface area contributed by atoms with Gasteiger partial charge in [-0.3, -0.25) is 9.59 Å². The molecule has 1 saturated carbocycles. The minimum atomic E-state index is -0.434. The summed E-state index contributed by atoms with van der Waals surface area (Å²) >= 11 is 0. The molecule has 1 aliphatic carbocycles. The summed E-state index contributed by atoms with van der Waals surface area (Å²) in [6, 6.07) is 17.3. The maximum absolute atomic E-state index is 13.6. The largest absolute Gasteiger partial charge is 0.497 e. The van der Waals surface area contributed by atoms with E-state index >= 15 is 0 Å². The summed E-state index contributed by atoms with van der Waals surface area (Å²) in [6.45, 7) is 0.518. The van der Waals surface area contributed by atoms with Gasteiger partial charge in [0, 0.05) is 6.54 Å². The summed E-state index contributed by atoms with van der Waals surface area (Å²) in [6.07, 6.45) is 4.31. The van der Waals surface area contributed by atoms with E-state index in [0.29, 0.717) is 24.3 Å². The minimum absolute atomic E-state index is 0.0920. The first-order valence-corrected chi connectivity index (χ1v) is 11.1. The molecule has 0 bridgehead atoms. The van der Waals surface area contributed by atoms with Crippen molar-refractivity contribution in [1.82, 2.24) is 4.90 Å². The predicted octanol–water partition coefficient (Wildman–Crippen LogP) is 4.23. The van der Waals surface area contributed by atoms with Gasteiger partial charge < -0.3 is 14.4 Å². The zero-order valence-corrected chi connectivity index (χ0v) is 17.8. The van der Waals surface area contributed by atoms with Gasteiger partial charge in [0.25, 0.3) is 5.91 Å². The van der Waals surface area contributed by atoms with Crippen molar-refractivity contribution in [3.05, 3.63) is 77.1 Å². The second-order valence-electron chi connectivity index (χ2n) is 8.57. The van der Waals surface area contributed by atoms with Gasteiger partial charge in [-0.15, -0.1) is 0 Å². The Hall–Kier alpha value is -3.08. The van der Waals surface area contributed by atoms with Crippen molar-refractivity contribution >= 4 is 11.7 Å². The van der Waals surface area contributed by atoms with Crippen molar-refractivity contribution in [2.24, 2.45) is 5.92 Å². The third-order valence-corrected chi connectivity index (χ3v) is 6.75. The number of nitrogens with zero attached hydrogens (tertiary/aromatic N) is 1. The quantitative estimate of drug-likeness (QED) is 0.731. The van der Waals surface area contributed by atoms with Crippen LogP contribution >= 0.6 is 0 Å². The van der Waals surface area contributed by atoms with E-state index in [0.717, 1.165) is 36.8 Å². The van der Waals surface area contributed by atoms with Crippen molar-refractivity contribution < 1.29 is 19.1 Å². The third kappa shape index (κ3) is 3.52. The van der Waals surface area contributed by atoms with Gasteiger partial charge in [0.1, 0.15) is 11.9 Å². The zero-order chi connectivity index (χ0) is 21.4. The monoisotopic (exact) mass is 417 g/mol. The topological polar surface area (TPSA) is 55.8 Å². The van der Waals surface area contributed by atoms with Crippen LogP contribution in [0.5, 0.6) is 5.75 Å². The Balaban J connectivity index is 1.53. The van der Waals surface area contributed by atoms with E-state index in [-0.39, 0.29) is 29.5 Å². The standard InChI is InChI=1S/C26H27NO4/c1-30-19-11-7-10-18(16-19)23-22-24(28)20-12-5-6-13-21(20)31-25(22)26(29)27(23)15-14-17-8-3-2-4-9-17/h2-4,7-11,16,20-21,23H,5-6,12-15H2,1H3. The SMILES string of the molecule is COc1cccc(C2C3=C(OC4CCCCC4C3=O)C(=O)N2CCc2ccccc2)c1. The van der Waals surface area contributed by atoms with Crippen LogP contribution in [0.4, 0.5) is 0 Å². The number of methoxy groups -OCH3 is 1. The highest BCUT2D eigenvalue weighted by Crippen LogP contribution is 2.47. The molecule has 1 fully saturated rings. The number of fused-ring (bicyclic) bond motifs is 1. The molecule has 5 heteroatoms. The fourth-order valence-electron chi connectivity index (χ4n) is 5.18. The summed E-state index contributed by atoms with van der Waals surface area (Å²) in [4.78, 5) is 28.9. The lowest BCUT2D eigenvalue weighted by atomic mass is 9.77. The Morgan fingerprint density at radius 2 is 1.84 bits per heavy atom. The molecule has 5 rings (SSSR count). The molecule has 3 unspecified atom stereocenters. The predicted molar refractivity (Wildman–Crippen MR) is 116 cm³/mol. The van der Waals surface area contributed by atoms with Crippen LogP contribution in [0.25, 0.3) is 0 Å². The molecule has 3 atom stereocenters. The molecular weight excluding hydrogens is 390 g/mol. The highest BCUT2D eigenvalue weighted by molar-refractivity contribution is 6.11. The van der Waals surface area contributed by atoms with Crippen LogP contribution in [-0.2, 0) is 20.7 Å². The van der Waals surface area contributed by atoms with Crippen LogP contribution in [0, 0.1) is 5.92 Å². The maximum atomic E-state index is 13.6. The number of Topliss-reactive ketones (excluding diaryl/α,β-unsaturated/α-hetero) is 1. The lowest BCUT2D eigenvalue weighted by Crippen LogP contribution is -2.39. The Kier molecular flexibility index (Phi) is 5.26. The number of ether oxygens (including phenoxy) is 2. The van der Waals surface area contributed by atoms with Gasteiger partial charge in [-0.1, -0.05) is 48.9 Å². The van der Waals surface area contributed by atoms with Crippen LogP contribution in [0.2, 0.25) is 0 Å². The van der Waals surface area contributed by atoms with E-state index in [1.807, 2.05) is 47.4 Å². The van der Waals surface area contributed by atoms with E-state index in [9.17, 15) is 9.59 Å². The first-order chi connectivity index (χ1) is 15.2. The van der Waals surface area contributed by atoms with E-state index in [1.165, 1.54) is 0 Å². The molecule has 0 spiro atoms. The Morgan fingerprint density at radius 3 is 2.65 bits per heavy atom. The lowest BCUT2D eigenvalue weighted by molar-refractivity contribution is -0.135. The molecule has 0 saturated heterocycles. The highest BCUT2D eigenvalue weighted by atomic mass is 16.5. The third-order valence-electron chi connectivity index (χ3n) is 6.75. The zero-order valence-electron chi connectivity index (χ0n) is 17.8. The Bertz CT molecular complexity index is 1030. The molecule has 160 valence electrons. The fraction of sp³-hybridized carbons (Fsp3) is 0.385. The number of carbonyl (C=O) groups excluding carboxylic acids is 2. The number of benzene rings is 2. The van der Waals surface area contributed by atoms with E-state index in [2.05, 4.69) is 12.1 Å². The van der Waals surface area contributed by atoms with Crippen molar-refractivity contribution in [3.63, 3.8) is 0 Å². The molecule has 5 nitrogen and oxygen atoms in total. The number of hydrogen-bond acceptors (Lipinski definition) is 4. The molecule has 0 aromatic heterocycles. The van der Waals surface area contributed by atoms with E-state index in [4.69, 9.17) is 9.47 Å². The van der Waals surface area contributed by atoms with Crippen molar-refractivity contribution in [2.75, 3.05) is 13.7 Å². The van der Waals surface area contributed by atoms with E-state index in [1.54, 1.807) is 7.11 Å². The molecule has 2 aromatic carbocycles. The molecule has 0 N–H and O–H groups in total. The van der Waals surface area contributed by atoms with Crippen molar-refractivity contribution in [1.29, 1.82) is 0 Å². The molecule has 2 heterocycles. The number of rotatable bonds is 5. The van der Waals surface area contributed by atoms with Crippen LogP contribution in [-0.4, -0.2) is 36.3 Å². The van der Waals surface area contributed by atoms with Crippen LogP contribution < -0.4 is 4.74 Å². The summed E-state index contributed by atoms with van der Waals surface area (Å²) in [5, 5.41) is 0. The minimum Gasteiger partial charge on any atom is -0.497 e. The second kappa shape index (κ2) is 8.22. The number of carbonyl (C=O) groups is 2. The number of amides is 1. The molecule has 2 aliphatic heterocycles. The van der Waals surface area contributed by atoms with Gasteiger partial charge in [0.2, 0.25) is 0 Å². The molecule has 31 heavy (non-hydrogen) atoms. The first kappa shape index (κ1) is 19.9. The summed E-state index contributed by atoms with van der Waals surface area (Å²) in [5.41, 5.74) is 2.58. The number of ketones is 1. The van der Waals surface area contributed by atoms with Crippen molar-refractivity contribution in [3.8, 4) is 5.75 Å². The van der Waals surface area contributed by atoms with Crippen LogP contribution in [0.15, 0.2) is 65.9 Å². The van der Waals surface area contributed by atoms with Crippen LogP contribution in [0.1, 0.15) is 42.9 Å². The Labute approximate surface area is 182 Å². The first-order valence-electron chi connectivity index (χ1n) is 11.1. The summed E-state index contributed by atoms with van der Waals surface area (Å²) < 4.78 is 11.6. The smallest absolute Gasteiger partial charge is 0.290 e. The summed E-state index contributed by atoms with van der Waals surface area (Å²) in [5.74, 6) is 0.767. The number of hydrogen-bond donors (Lipinski definition) is 0.